The number of hydrogen-bond donors (Lipinski definition) is 1. The number of carbonyl (C=O) groups is 1. The molecule has 1 aromatic heterocycles. The summed E-state index contributed by atoms with van der Waals surface area (Å²) in [4.78, 5) is 15.9. The summed E-state index contributed by atoms with van der Waals surface area (Å²) in [5.74, 6) is 0.282. The molecule has 0 saturated heterocycles. The highest BCUT2D eigenvalue weighted by molar-refractivity contribution is 6.11. The van der Waals surface area contributed by atoms with Crippen molar-refractivity contribution in [1.29, 1.82) is 0 Å². The zero-order chi connectivity index (χ0) is 14.8. The third kappa shape index (κ3) is 2.51. The van der Waals surface area contributed by atoms with E-state index in [-0.39, 0.29) is 17.3 Å². The highest BCUT2D eigenvalue weighted by Gasteiger charge is 2.25. The molecule has 1 N–H and O–H groups in total. The Bertz CT molecular complexity index is 743. The summed E-state index contributed by atoms with van der Waals surface area (Å²) in [6.07, 6.45) is 3.01. The van der Waals surface area contributed by atoms with Gasteiger partial charge in [0.25, 0.3) is 5.90 Å². The first-order chi connectivity index (χ1) is 10.2. The van der Waals surface area contributed by atoms with Crippen LogP contribution < -0.4 is 4.74 Å². The summed E-state index contributed by atoms with van der Waals surface area (Å²) in [6.45, 7) is 0. The van der Waals surface area contributed by atoms with E-state index in [0.717, 1.165) is 0 Å². The molecule has 0 unspecified atom stereocenters. The van der Waals surface area contributed by atoms with Gasteiger partial charge in [0.05, 0.1) is 13.4 Å². The van der Waals surface area contributed by atoms with Crippen molar-refractivity contribution >= 4 is 17.9 Å². The van der Waals surface area contributed by atoms with Gasteiger partial charge in [0, 0.05) is 0 Å². The number of cyclic esters (lactones) is 1. The van der Waals surface area contributed by atoms with Gasteiger partial charge >= 0.3 is 5.97 Å². The molecule has 0 amide bonds. The molecule has 1 aliphatic heterocycles. The Kier molecular flexibility index (Phi) is 3.19. The Balaban J connectivity index is 1.94. The minimum atomic E-state index is -0.562. The normalized spacial score (nSPS) is 16.0. The first kappa shape index (κ1) is 13.0. The number of nitrogens with zero attached hydrogens (tertiary/aromatic N) is 1. The predicted molar refractivity (Wildman–Crippen MR) is 74.0 cm³/mol. The lowest BCUT2D eigenvalue weighted by Crippen LogP contribution is -2.04. The minimum absolute atomic E-state index is 0.0217. The molecule has 1 aliphatic rings. The molecule has 6 heteroatoms. The number of furan rings is 1. The SMILES string of the molecule is COc1cc(/C=C2\N=C(c3ccco3)OC2=O)ccc1O. The van der Waals surface area contributed by atoms with Crippen molar-refractivity contribution in [3.63, 3.8) is 0 Å². The van der Waals surface area contributed by atoms with E-state index in [4.69, 9.17) is 13.9 Å². The number of rotatable bonds is 3. The smallest absolute Gasteiger partial charge is 0.363 e. The fourth-order valence-electron chi connectivity index (χ4n) is 1.86. The Morgan fingerprint density at radius 3 is 2.90 bits per heavy atom. The molecule has 0 fully saturated rings. The van der Waals surface area contributed by atoms with E-state index in [2.05, 4.69) is 4.99 Å². The number of carbonyl (C=O) groups excluding carboxylic acids is 1. The quantitative estimate of drug-likeness (QED) is 0.691. The van der Waals surface area contributed by atoms with Gasteiger partial charge in [-0.25, -0.2) is 9.79 Å². The van der Waals surface area contributed by atoms with Crippen LogP contribution in [0.25, 0.3) is 6.08 Å². The van der Waals surface area contributed by atoms with E-state index in [9.17, 15) is 9.90 Å². The van der Waals surface area contributed by atoms with Gasteiger partial charge < -0.3 is 19.0 Å². The number of aromatic hydroxyl groups is 1. The molecule has 0 saturated carbocycles. The van der Waals surface area contributed by atoms with Gasteiger partial charge in [-0.1, -0.05) is 6.07 Å². The van der Waals surface area contributed by atoms with Crippen LogP contribution in [0.1, 0.15) is 11.3 Å². The second-order valence-corrected chi connectivity index (χ2v) is 4.24. The molecule has 0 spiro atoms. The standard InChI is InChI=1S/C15H11NO5/c1-19-13-8-9(4-5-11(13)17)7-10-15(18)21-14(16-10)12-3-2-6-20-12/h2-8,17H,1H3/b10-7-. The summed E-state index contributed by atoms with van der Waals surface area (Å²) in [5, 5.41) is 9.54. The molecule has 0 bridgehead atoms. The Morgan fingerprint density at radius 2 is 2.19 bits per heavy atom. The molecule has 106 valence electrons. The van der Waals surface area contributed by atoms with Crippen molar-refractivity contribution in [3.8, 4) is 11.5 Å². The summed E-state index contributed by atoms with van der Waals surface area (Å²) >= 11 is 0. The monoisotopic (exact) mass is 285 g/mol. The van der Waals surface area contributed by atoms with Crippen molar-refractivity contribution in [3.05, 3.63) is 53.6 Å². The number of hydrogen-bond acceptors (Lipinski definition) is 6. The number of methoxy groups -OCH3 is 1. The van der Waals surface area contributed by atoms with Gasteiger partial charge in [-0.15, -0.1) is 0 Å². The molecule has 2 aromatic rings. The lowest BCUT2D eigenvalue weighted by Gasteiger charge is -2.03. The second kappa shape index (κ2) is 5.16. The average Bonchev–Trinajstić information content (AvgIpc) is 3.11. The lowest BCUT2D eigenvalue weighted by molar-refractivity contribution is -0.130. The van der Waals surface area contributed by atoms with E-state index in [1.54, 1.807) is 30.3 Å². The fraction of sp³-hybridized carbons (Fsp3) is 0.0667. The molecule has 0 aliphatic carbocycles. The van der Waals surface area contributed by atoms with Gasteiger partial charge in [0.15, 0.2) is 23.0 Å². The van der Waals surface area contributed by atoms with Crippen LogP contribution in [0, 0.1) is 0 Å². The maximum absolute atomic E-state index is 11.8. The van der Waals surface area contributed by atoms with E-state index < -0.39 is 5.97 Å². The summed E-state index contributed by atoms with van der Waals surface area (Å²) in [5.41, 5.74) is 0.801. The maximum Gasteiger partial charge on any atom is 0.363 e. The van der Waals surface area contributed by atoms with E-state index in [1.807, 2.05) is 0 Å². The third-order valence-corrected chi connectivity index (χ3v) is 2.86. The number of benzene rings is 1. The van der Waals surface area contributed by atoms with Crippen molar-refractivity contribution in [2.45, 2.75) is 0 Å². The minimum Gasteiger partial charge on any atom is -0.504 e. The van der Waals surface area contributed by atoms with Crippen LogP contribution in [0.2, 0.25) is 0 Å². The number of esters is 1. The van der Waals surface area contributed by atoms with Crippen LogP contribution in [-0.4, -0.2) is 24.1 Å². The number of ether oxygens (including phenoxy) is 2. The number of phenolic OH excluding ortho intramolecular Hbond substituents is 1. The van der Waals surface area contributed by atoms with Crippen LogP contribution in [0.3, 0.4) is 0 Å². The van der Waals surface area contributed by atoms with Gasteiger partial charge in [0.1, 0.15) is 0 Å². The molecule has 3 rings (SSSR count). The second-order valence-electron chi connectivity index (χ2n) is 4.24. The maximum atomic E-state index is 11.8. The van der Waals surface area contributed by atoms with Gasteiger partial charge in [0.2, 0.25) is 0 Å². The summed E-state index contributed by atoms with van der Waals surface area (Å²) in [7, 11) is 1.45. The first-order valence-electron chi connectivity index (χ1n) is 6.11. The molecule has 2 heterocycles. The fourth-order valence-corrected chi connectivity index (χ4v) is 1.86. The van der Waals surface area contributed by atoms with E-state index in [0.29, 0.717) is 17.1 Å². The zero-order valence-corrected chi connectivity index (χ0v) is 11.1. The van der Waals surface area contributed by atoms with E-state index >= 15 is 0 Å². The van der Waals surface area contributed by atoms with Gasteiger partial charge in [-0.3, -0.25) is 0 Å². The highest BCUT2D eigenvalue weighted by Crippen LogP contribution is 2.28. The third-order valence-electron chi connectivity index (χ3n) is 2.86. The van der Waals surface area contributed by atoms with Gasteiger partial charge in [-0.2, -0.15) is 0 Å². The number of aliphatic imine (C=N–C) groups is 1. The molecule has 6 nitrogen and oxygen atoms in total. The van der Waals surface area contributed by atoms with Gasteiger partial charge in [-0.05, 0) is 35.9 Å². The summed E-state index contributed by atoms with van der Waals surface area (Å²) in [6, 6.07) is 8.04. The summed E-state index contributed by atoms with van der Waals surface area (Å²) < 4.78 is 15.2. The molecular formula is C15H11NO5. The molecule has 0 atom stereocenters. The van der Waals surface area contributed by atoms with Crippen molar-refractivity contribution in [2.24, 2.45) is 4.99 Å². The Morgan fingerprint density at radius 1 is 1.33 bits per heavy atom. The topological polar surface area (TPSA) is 81.3 Å². The lowest BCUT2D eigenvalue weighted by atomic mass is 10.1. The van der Waals surface area contributed by atoms with Crippen molar-refractivity contribution < 1.29 is 23.8 Å². The largest absolute Gasteiger partial charge is 0.504 e. The number of phenols is 1. The molecule has 1 aromatic carbocycles. The molecule has 21 heavy (non-hydrogen) atoms. The Hall–Kier alpha value is -3.02. The van der Waals surface area contributed by atoms with Crippen LogP contribution in [0.15, 0.2) is 51.7 Å². The Labute approximate surface area is 119 Å². The van der Waals surface area contributed by atoms with Crippen LogP contribution in [-0.2, 0) is 9.53 Å². The average molecular weight is 285 g/mol. The predicted octanol–water partition coefficient (Wildman–Crippen LogP) is 2.34. The van der Waals surface area contributed by atoms with Crippen LogP contribution in [0.4, 0.5) is 0 Å². The van der Waals surface area contributed by atoms with Crippen LogP contribution >= 0.6 is 0 Å². The van der Waals surface area contributed by atoms with Crippen molar-refractivity contribution in [2.75, 3.05) is 7.11 Å². The molecule has 0 radical (unpaired) electrons. The van der Waals surface area contributed by atoms with Crippen LogP contribution in [0.5, 0.6) is 11.5 Å². The van der Waals surface area contributed by atoms with Crippen molar-refractivity contribution in [1.82, 2.24) is 0 Å². The van der Waals surface area contributed by atoms with E-state index in [1.165, 1.54) is 19.4 Å². The highest BCUT2D eigenvalue weighted by atomic mass is 16.6. The zero-order valence-electron chi connectivity index (χ0n) is 11.1. The first-order valence-corrected chi connectivity index (χ1v) is 6.11. The molecular weight excluding hydrogens is 274 g/mol.